The molecule has 0 spiro atoms. The lowest BCUT2D eigenvalue weighted by atomic mass is 10.1. The largest absolute Gasteiger partial charge is 0.490 e. The molecule has 1 aromatic carbocycles. The number of carbonyl (C=O) groups is 1. The van der Waals surface area contributed by atoms with Crippen LogP contribution in [-0.2, 0) is 11.2 Å². The third-order valence-corrected chi connectivity index (χ3v) is 2.15. The highest BCUT2D eigenvalue weighted by molar-refractivity contribution is 5.73. The summed E-state index contributed by atoms with van der Waals surface area (Å²) in [7, 11) is 0. The van der Waals surface area contributed by atoms with Gasteiger partial charge in [-0.3, -0.25) is 0 Å². The van der Waals surface area contributed by atoms with Crippen LogP contribution in [0.1, 0.15) is 16.7 Å². The van der Waals surface area contributed by atoms with E-state index in [-0.39, 0.29) is 0 Å². The maximum atomic E-state index is 10.6. The van der Waals surface area contributed by atoms with Crippen molar-refractivity contribution in [2.45, 2.75) is 12.6 Å². The van der Waals surface area contributed by atoms with Crippen molar-refractivity contribution in [3.05, 3.63) is 41.0 Å². The zero-order valence-electron chi connectivity index (χ0n) is 9.03. The number of nitrogens with zero attached hydrogens (tertiary/aromatic N) is 1. The Bertz CT molecular complexity index is 527. The number of alkyl halides is 3. The summed E-state index contributed by atoms with van der Waals surface area (Å²) in [4.78, 5) is 8.90. The highest BCUT2D eigenvalue weighted by atomic mass is 19.4. The Kier molecular flexibility index (Phi) is 4.10. The van der Waals surface area contributed by atoms with Gasteiger partial charge < -0.3 is 5.11 Å². The molecular weight excluding hydrogens is 247 g/mol. The molecule has 0 atom stereocenters. The maximum absolute atomic E-state index is 10.6. The van der Waals surface area contributed by atoms with Gasteiger partial charge in [0.1, 0.15) is 0 Å². The molecule has 0 fully saturated rings. The fraction of sp³-hybridized carbons (Fsp3) is 0.167. The van der Waals surface area contributed by atoms with Crippen LogP contribution in [0.15, 0.2) is 24.3 Å². The van der Waals surface area contributed by atoms with Gasteiger partial charge in [-0.15, -0.1) is 0 Å². The Morgan fingerprint density at radius 2 is 2.00 bits per heavy atom. The number of allylic oxidation sites excluding steroid dienone is 1. The molecule has 1 aromatic rings. The van der Waals surface area contributed by atoms with Gasteiger partial charge in [-0.2, -0.15) is 18.4 Å². The summed E-state index contributed by atoms with van der Waals surface area (Å²) >= 11 is 0. The summed E-state index contributed by atoms with van der Waals surface area (Å²) in [6.07, 6.45) is 0.114. The zero-order chi connectivity index (χ0) is 13.8. The lowest BCUT2D eigenvalue weighted by Gasteiger charge is -1.96. The molecule has 3 nitrogen and oxygen atoms in total. The van der Waals surface area contributed by atoms with E-state index in [9.17, 15) is 13.2 Å². The van der Waals surface area contributed by atoms with Crippen LogP contribution in [0.5, 0.6) is 0 Å². The second-order valence-corrected chi connectivity index (χ2v) is 3.43. The molecule has 1 N–H and O–H groups in total. The van der Waals surface area contributed by atoms with Gasteiger partial charge in [-0.25, -0.2) is 4.79 Å². The first-order valence-corrected chi connectivity index (χ1v) is 4.84. The number of carboxylic acids is 1. The van der Waals surface area contributed by atoms with Crippen LogP contribution < -0.4 is 0 Å². The van der Waals surface area contributed by atoms with Gasteiger partial charge in [-0.05, 0) is 29.7 Å². The van der Waals surface area contributed by atoms with Crippen molar-refractivity contribution in [2.75, 3.05) is 0 Å². The number of benzene rings is 1. The van der Waals surface area contributed by atoms with Crippen molar-refractivity contribution in [1.82, 2.24) is 0 Å². The summed E-state index contributed by atoms with van der Waals surface area (Å²) in [5, 5.41) is 15.7. The van der Waals surface area contributed by atoms with Crippen molar-refractivity contribution in [3.8, 4) is 6.07 Å². The number of aliphatic carboxylic acids is 1. The van der Waals surface area contributed by atoms with E-state index in [1.165, 1.54) is 11.1 Å². The molecule has 0 saturated heterocycles. The quantitative estimate of drug-likeness (QED) is 0.775. The summed E-state index contributed by atoms with van der Waals surface area (Å²) in [6, 6.07) is 7.94. The molecule has 94 valence electrons. The first-order valence-electron chi connectivity index (χ1n) is 4.84. The van der Waals surface area contributed by atoms with Crippen LogP contribution in [-0.4, -0.2) is 17.3 Å². The molecule has 1 aliphatic rings. The smallest absolute Gasteiger partial charge is 0.475 e. The van der Waals surface area contributed by atoms with E-state index in [4.69, 9.17) is 15.2 Å². The van der Waals surface area contributed by atoms with E-state index in [0.29, 0.717) is 0 Å². The van der Waals surface area contributed by atoms with Gasteiger partial charge in [0.25, 0.3) is 0 Å². The highest BCUT2D eigenvalue weighted by Crippen LogP contribution is 2.19. The van der Waals surface area contributed by atoms with Crippen LogP contribution in [0.3, 0.4) is 0 Å². The van der Waals surface area contributed by atoms with Gasteiger partial charge in [0.2, 0.25) is 0 Å². The minimum Gasteiger partial charge on any atom is -0.475 e. The fourth-order valence-corrected chi connectivity index (χ4v) is 1.32. The van der Waals surface area contributed by atoms with Crippen molar-refractivity contribution in [2.24, 2.45) is 0 Å². The molecule has 0 aliphatic heterocycles. The molecule has 6 heteroatoms. The van der Waals surface area contributed by atoms with E-state index in [0.717, 1.165) is 12.0 Å². The van der Waals surface area contributed by atoms with Crippen LogP contribution in [0, 0.1) is 11.3 Å². The van der Waals surface area contributed by atoms with Crippen molar-refractivity contribution in [3.63, 3.8) is 0 Å². The molecule has 0 heterocycles. The van der Waals surface area contributed by atoms with Gasteiger partial charge in [0, 0.05) is 0 Å². The van der Waals surface area contributed by atoms with E-state index in [1.807, 2.05) is 18.2 Å². The third-order valence-electron chi connectivity index (χ3n) is 2.15. The minimum absolute atomic E-state index is 0.746. The minimum atomic E-state index is -5.08. The lowest BCUT2D eigenvalue weighted by Crippen LogP contribution is -2.21. The summed E-state index contributed by atoms with van der Waals surface area (Å²) in [5.74, 6) is -2.76. The summed E-state index contributed by atoms with van der Waals surface area (Å²) in [5.41, 5.74) is 3.27. The third kappa shape index (κ3) is 3.63. The molecular formula is C12H8F3NO2. The highest BCUT2D eigenvalue weighted by Gasteiger charge is 2.38. The predicted molar refractivity (Wildman–Crippen MR) is 57.6 cm³/mol. The maximum Gasteiger partial charge on any atom is 0.490 e. The number of fused-ring (bicyclic) bond motifs is 1. The SMILES string of the molecule is N#Cc1ccc2c(c1)C=CC2.O=C(O)C(F)(F)F. The number of carboxylic acid groups (broad SMARTS) is 1. The average Bonchev–Trinajstić information content (AvgIpc) is 2.75. The predicted octanol–water partition coefficient (Wildman–Crippen LogP) is 2.76. The number of hydrogen-bond acceptors (Lipinski definition) is 2. The van der Waals surface area contributed by atoms with E-state index < -0.39 is 12.1 Å². The fourth-order valence-electron chi connectivity index (χ4n) is 1.32. The molecule has 18 heavy (non-hydrogen) atoms. The molecule has 0 radical (unpaired) electrons. The normalized spacial score (nSPS) is 12.1. The second kappa shape index (κ2) is 5.36. The number of halogens is 3. The Hall–Kier alpha value is -2.29. The number of hydrogen-bond donors (Lipinski definition) is 1. The monoisotopic (exact) mass is 255 g/mol. The van der Waals surface area contributed by atoms with E-state index >= 15 is 0 Å². The van der Waals surface area contributed by atoms with Crippen molar-refractivity contribution < 1.29 is 23.1 Å². The Morgan fingerprint density at radius 3 is 2.50 bits per heavy atom. The first-order chi connectivity index (χ1) is 8.34. The van der Waals surface area contributed by atoms with E-state index in [2.05, 4.69) is 18.2 Å². The standard InChI is InChI=1S/C10H7N.C2HF3O2/c11-7-8-4-5-9-2-1-3-10(9)6-8;3-2(4,5)1(6)7/h1,3-6H,2H2;(H,6,7). The van der Waals surface area contributed by atoms with E-state index in [1.54, 1.807) is 0 Å². The zero-order valence-corrected chi connectivity index (χ0v) is 9.03. The molecule has 0 saturated carbocycles. The van der Waals surface area contributed by atoms with Gasteiger partial charge >= 0.3 is 12.1 Å². The summed E-state index contributed by atoms with van der Waals surface area (Å²) in [6.45, 7) is 0. The van der Waals surface area contributed by atoms with Gasteiger partial charge in [-0.1, -0.05) is 18.2 Å². The Labute approximate surface area is 101 Å². The molecule has 0 unspecified atom stereocenters. The molecule has 1 aliphatic carbocycles. The summed E-state index contributed by atoms with van der Waals surface area (Å²) < 4.78 is 31.7. The Morgan fingerprint density at radius 1 is 1.39 bits per heavy atom. The topological polar surface area (TPSA) is 61.1 Å². The molecule has 0 aromatic heterocycles. The molecule has 0 bridgehead atoms. The number of rotatable bonds is 0. The molecule has 0 amide bonds. The van der Waals surface area contributed by atoms with Gasteiger partial charge in [0.05, 0.1) is 11.6 Å². The van der Waals surface area contributed by atoms with Crippen LogP contribution >= 0.6 is 0 Å². The Balaban J connectivity index is 0.000000203. The van der Waals surface area contributed by atoms with Gasteiger partial charge in [0.15, 0.2) is 0 Å². The van der Waals surface area contributed by atoms with Crippen LogP contribution in [0.25, 0.3) is 6.08 Å². The van der Waals surface area contributed by atoms with Crippen LogP contribution in [0.2, 0.25) is 0 Å². The second-order valence-electron chi connectivity index (χ2n) is 3.43. The van der Waals surface area contributed by atoms with Crippen molar-refractivity contribution >= 4 is 12.0 Å². The first kappa shape index (κ1) is 13.8. The molecule has 2 rings (SSSR count). The van der Waals surface area contributed by atoms with Crippen LogP contribution in [0.4, 0.5) is 13.2 Å². The lowest BCUT2D eigenvalue weighted by molar-refractivity contribution is -0.192. The van der Waals surface area contributed by atoms with Crippen molar-refractivity contribution in [1.29, 1.82) is 5.26 Å². The average molecular weight is 255 g/mol. The number of nitriles is 1.